The molecule has 1 N–H and O–H groups in total. The third-order valence-corrected chi connectivity index (χ3v) is 4.34. The van der Waals surface area contributed by atoms with Gasteiger partial charge in [-0.15, -0.1) is 0 Å². The Balaban J connectivity index is 1.74. The van der Waals surface area contributed by atoms with Gasteiger partial charge >= 0.3 is 0 Å². The van der Waals surface area contributed by atoms with Crippen LogP contribution >= 0.6 is 11.8 Å². The molecule has 0 unspecified atom stereocenters. The second kappa shape index (κ2) is 9.40. The summed E-state index contributed by atoms with van der Waals surface area (Å²) in [5.74, 6) is 1.76. The first-order chi connectivity index (χ1) is 11.2. The number of nitrogens with zero attached hydrogens (tertiary/aromatic N) is 1. The van der Waals surface area contributed by atoms with E-state index in [0.717, 1.165) is 42.9 Å². The summed E-state index contributed by atoms with van der Waals surface area (Å²) in [4.78, 5) is 18.9. The van der Waals surface area contributed by atoms with Crippen molar-refractivity contribution in [2.24, 2.45) is 0 Å². The summed E-state index contributed by atoms with van der Waals surface area (Å²) in [7, 11) is 0. The molecular weight excluding hydrogens is 308 g/mol. The summed E-state index contributed by atoms with van der Waals surface area (Å²) in [6.07, 6.45) is 3.93. The molecule has 2 rings (SSSR count). The van der Waals surface area contributed by atoms with Crippen molar-refractivity contribution < 1.29 is 4.74 Å². The van der Waals surface area contributed by atoms with Gasteiger partial charge in [0.1, 0.15) is 5.75 Å². The van der Waals surface area contributed by atoms with E-state index in [4.69, 9.17) is 4.74 Å². The minimum Gasteiger partial charge on any atom is -0.494 e. The van der Waals surface area contributed by atoms with E-state index in [-0.39, 0.29) is 5.56 Å². The van der Waals surface area contributed by atoms with Crippen LogP contribution in [0.1, 0.15) is 37.4 Å². The number of hydrogen-bond acceptors (Lipinski definition) is 4. The van der Waals surface area contributed by atoms with Gasteiger partial charge in [0.2, 0.25) is 0 Å². The van der Waals surface area contributed by atoms with E-state index >= 15 is 0 Å². The van der Waals surface area contributed by atoms with E-state index in [2.05, 4.69) is 23.8 Å². The molecule has 124 valence electrons. The third-order valence-electron chi connectivity index (χ3n) is 3.38. The molecule has 0 radical (unpaired) electrons. The zero-order valence-corrected chi connectivity index (χ0v) is 14.6. The Morgan fingerprint density at radius 2 is 2.00 bits per heavy atom. The summed E-state index contributed by atoms with van der Waals surface area (Å²) >= 11 is 1.57. The Bertz CT molecular complexity index is 653. The van der Waals surface area contributed by atoms with Crippen molar-refractivity contribution in [3.63, 3.8) is 0 Å². The van der Waals surface area contributed by atoms with Crippen LogP contribution < -0.4 is 10.3 Å². The van der Waals surface area contributed by atoms with E-state index in [1.165, 1.54) is 5.56 Å². The molecule has 0 aliphatic heterocycles. The van der Waals surface area contributed by atoms with E-state index in [1.54, 1.807) is 17.8 Å². The summed E-state index contributed by atoms with van der Waals surface area (Å²) < 4.78 is 5.69. The van der Waals surface area contributed by atoms with Crippen molar-refractivity contribution in [2.75, 3.05) is 12.4 Å². The number of hydrogen-bond donors (Lipinski definition) is 1. The summed E-state index contributed by atoms with van der Waals surface area (Å²) in [6.45, 7) is 4.86. The van der Waals surface area contributed by atoms with Crippen molar-refractivity contribution in [1.29, 1.82) is 0 Å². The summed E-state index contributed by atoms with van der Waals surface area (Å²) in [5, 5.41) is 0.707. The standard InChI is InChI=1S/C18H24N2O2S/c1-3-4-6-15-13-17(21)20-18(19-15)23-12-5-11-22-16-9-7-14(2)8-10-16/h7-10,13H,3-6,11-12H2,1-2H3,(H,19,20,21). The van der Waals surface area contributed by atoms with Crippen LogP contribution in [0.15, 0.2) is 40.3 Å². The molecule has 0 fully saturated rings. The average Bonchev–Trinajstić information content (AvgIpc) is 2.54. The highest BCUT2D eigenvalue weighted by Gasteiger charge is 2.02. The summed E-state index contributed by atoms with van der Waals surface area (Å²) in [5.41, 5.74) is 2.05. The number of H-pyrrole nitrogens is 1. The Hall–Kier alpha value is -1.75. The van der Waals surface area contributed by atoms with E-state index in [9.17, 15) is 4.79 Å². The number of rotatable bonds is 9. The van der Waals surface area contributed by atoms with E-state index in [0.29, 0.717) is 11.8 Å². The van der Waals surface area contributed by atoms with E-state index in [1.807, 2.05) is 24.3 Å². The maximum atomic E-state index is 11.6. The highest BCUT2D eigenvalue weighted by molar-refractivity contribution is 7.99. The SMILES string of the molecule is CCCCc1cc(=O)[nH]c(SCCCOc2ccc(C)cc2)n1. The number of aryl methyl sites for hydroxylation is 2. The Morgan fingerprint density at radius 3 is 2.74 bits per heavy atom. The number of nitrogens with one attached hydrogen (secondary N) is 1. The predicted molar refractivity (Wildman–Crippen MR) is 95.5 cm³/mol. The van der Waals surface area contributed by atoms with Crippen LogP contribution in [0.25, 0.3) is 0 Å². The normalized spacial score (nSPS) is 10.7. The van der Waals surface area contributed by atoms with Gasteiger partial charge in [0.05, 0.1) is 6.61 Å². The molecule has 1 heterocycles. The Morgan fingerprint density at radius 1 is 1.22 bits per heavy atom. The topological polar surface area (TPSA) is 55.0 Å². The van der Waals surface area contributed by atoms with Gasteiger partial charge in [-0.25, -0.2) is 4.98 Å². The number of thioether (sulfide) groups is 1. The molecular formula is C18H24N2O2S. The zero-order chi connectivity index (χ0) is 16.5. The smallest absolute Gasteiger partial charge is 0.251 e. The molecule has 5 heteroatoms. The molecule has 0 aliphatic carbocycles. The largest absolute Gasteiger partial charge is 0.494 e. The second-order valence-electron chi connectivity index (χ2n) is 5.51. The molecule has 1 aromatic carbocycles. The molecule has 0 aliphatic rings. The molecule has 1 aromatic heterocycles. The molecule has 0 amide bonds. The van der Waals surface area contributed by atoms with Crippen LogP contribution in [0.3, 0.4) is 0 Å². The van der Waals surface area contributed by atoms with Crippen molar-refractivity contribution in [2.45, 2.75) is 44.7 Å². The summed E-state index contributed by atoms with van der Waals surface area (Å²) in [6, 6.07) is 9.65. The quantitative estimate of drug-likeness (QED) is 0.429. The van der Waals surface area contributed by atoms with Gasteiger partial charge in [0.15, 0.2) is 5.16 Å². The van der Waals surface area contributed by atoms with Crippen molar-refractivity contribution in [3.05, 3.63) is 51.9 Å². The van der Waals surface area contributed by atoms with Crippen LogP contribution in [0, 0.1) is 6.92 Å². The van der Waals surface area contributed by atoms with Gasteiger partial charge < -0.3 is 9.72 Å². The van der Waals surface area contributed by atoms with Gasteiger partial charge in [-0.05, 0) is 38.3 Å². The Kier molecular flexibility index (Phi) is 7.20. The van der Waals surface area contributed by atoms with E-state index < -0.39 is 0 Å². The predicted octanol–water partition coefficient (Wildman–Crippen LogP) is 3.98. The Labute approximate surface area is 141 Å². The first-order valence-corrected chi connectivity index (χ1v) is 9.08. The highest BCUT2D eigenvalue weighted by Crippen LogP contribution is 2.15. The first-order valence-electron chi connectivity index (χ1n) is 8.10. The van der Waals surface area contributed by atoms with Gasteiger partial charge in [-0.3, -0.25) is 4.79 Å². The van der Waals surface area contributed by atoms with Crippen LogP contribution in [-0.2, 0) is 6.42 Å². The molecule has 0 bridgehead atoms. The molecule has 0 atom stereocenters. The lowest BCUT2D eigenvalue weighted by Gasteiger charge is -2.06. The lowest BCUT2D eigenvalue weighted by atomic mass is 10.2. The average molecular weight is 332 g/mol. The molecule has 4 nitrogen and oxygen atoms in total. The monoisotopic (exact) mass is 332 g/mol. The molecule has 23 heavy (non-hydrogen) atoms. The first kappa shape index (κ1) is 17.6. The fourth-order valence-corrected chi connectivity index (χ4v) is 2.90. The molecule has 0 spiro atoms. The van der Waals surface area contributed by atoms with Crippen LogP contribution in [-0.4, -0.2) is 22.3 Å². The molecule has 2 aromatic rings. The minimum absolute atomic E-state index is 0.0653. The zero-order valence-electron chi connectivity index (χ0n) is 13.8. The number of benzene rings is 1. The third kappa shape index (κ3) is 6.48. The minimum atomic E-state index is -0.0653. The number of unbranched alkanes of at least 4 members (excludes halogenated alkanes) is 1. The fourth-order valence-electron chi connectivity index (χ4n) is 2.09. The molecule has 0 saturated carbocycles. The van der Waals surface area contributed by atoms with Gasteiger partial charge in [0.25, 0.3) is 5.56 Å². The highest BCUT2D eigenvalue weighted by atomic mass is 32.2. The van der Waals surface area contributed by atoms with Crippen molar-refractivity contribution in [1.82, 2.24) is 9.97 Å². The van der Waals surface area contributed by atoms with Crippen LogP contribution in [0.2, 0.25) is 0 Å². The van der Waals surface area contributed by atoms with Crippen LogP contribution in [0.5, 0.6) is 5.75 Å². The lowest BCUT2D eigenvalue weighted by molar-refractivity contribution is 0.318. The van der Waals surface area contributed by atoms with Crippen LogP contribution in [0.4, 0.5) is 0 Å². The number of aromatic nitrogens is 2. The fraction of sp³-hybridized carbons (Fsp3) is 0.444. The van der Waals surface area contributed by atoms with Gasteiger partial charge in [0, 0.05) is 17.5 Å². The van der Waals surface area contributed by atoms with Crippen molar-refractivity contribution >= 4 is 11.8 Å². The van der Waals surface area contributed by atoms with Gasteiger partial charge in [-0.2, -0.15) is 0 Å². The lowest BCUT2D eigenvalue weighted by Crippen LogP contribution is -2.10. The second-order valence-corrected chi connectivity index (χ2v) is 6.59. The van der Waals surface area contributed by atoms with Gasteiger partial charge in [-0.1, -0.05) is 42.8 Å². The molecule has 0 saturated heterocycles. The maximum Gasteiger partial charge on any atom is 0.251 e. The maximum absolute atomic E-state index is 11.6. The number of ether oxygens (including phenoxy) is 1. The van der Waals surface area contributed by atoms with Crippen molar-refractivity contribution in [3.8, 4) is 5.75 Å². The number of aromatic amines is 1.